The average Bonchev–Trinajstić information content (AvgIpc) is 2.95. The first-order valence-corrected chi connectivity index (χ1v) is 6.72. The van der Waals surface area contributed by atoms with Gasteiger partial charge in [-0.1, -0.05) is 0 Å². The standard InChI is InChI=1S/C14H19N3O3/c15-12-4-3-10(18)9-11(12)14(20)16-6-5-13(19)17-7-1-2-8-17/h3-4,9,18H,1-2,5-8,15H2,(H,16,20). The smallest absolute Gasteiger partial charge is 0.253 e. The lowest BCUT2D eigenvalue weighted by molar-refractivity contribution is -0.129. The summed E-state index contributed by atoms with van der Waals surface area (Å²) in [6.07, 6.45) is 2.39. The molecule has 0 atom stereocenters. The van der Waals surface area contributed by atoms with Gasteiger partial charge in [0.1, 0.15) is 5.75 Å². The Morgan fingerprint density at radius 1 is 1.30 bits per heavy atom. The molecule has 20 heavy (non-hydrogen) atoms. The number of hydrogen-bond donors (Lipinski definition) is 3. The minimum absolute atomic E-state index is 0.0162. The summed E-state index contributed by atoms with van der Waals surface area (Å²) in [7, 11) is 0. The second-order valence-corrected chi connectivity index (χ2v) is 4.87. The van der Waals surface area contributed by atoms with E-state index in [0.29, 0.717) is 5.69 Å². The molecule has 4 N–H and O–H groups in total. The number of phenolic OH excluding ortho intramolecular Hbond substituents is 1. The van der Waals surface area contributed by atoms with Gasteiger partial charge in [-0.2, -0.15) is 0 Å². The average molecular weight is 277 g/mol. The summed E-state index contributed by atoms with van der Waals surface area (Å²) < 4.78 is 0. The van der Waals surface area contributed by atoms with Crippen LogP contribution in [0.25, 0.3) is 0 Å². The van der Waals surface area contributed by atoms with Gasteiger partial charge in [0.05, 0.1) is 5.56 Å². The van der Waals surface area contributed by atoms with E-state index in [1.165, 1.54) is 18.2 Å². The lowest BCUT2D eigenvalue weighted by Crippen LogP contribution is -2.32. The summed E-state index contributed by atoms with van der Waals surface area (Å²) in [5.74, 6) is -0.336. The Kier molecular flexibility index (Phi) is 4.45. The van der Waals surface area contributed by atoms with E-state index in [2.05, 4.69) is 5.32 Å². The molecule has 1 aromatic carbocycles. The zero-order chi connectivity index (χ0) is 14.5. The fourth-order valence-electron chi connectivity index (χ4n) is 2.24. The van der Waals surface area contributed by atoms with Crippen LogP contribution in [-0.2, 0) is 4.79 Å². The van der Waals surface area contributed by atoms with Gasteiger partial charge in [0.2, 0.25) is 5.91 Å². The molecule has 0 aliphatic carbocycles. The van der Waals surface area contributed by atoms with Crippen LogP contribution in [0.15, 0.2) is 18.2 Å². The summed E-state index contributed by atoms with van der Waals surface area (Å²) in [5.41, 5.74) is 6.19. The molecule has 2 amide bonds. The first kappa shape index (κ1) is 14.2. The van der Waals surface area contributed by atoms with Crippen molar-refractivity contribution in [1.82, 2.24) is 10.2 Å². The van der Waals surface area contributed by atoms with Crippen LogP contribution in [0.1, 0.15) is 29.6 Å². The van der Waals surface area contributed by atoms with Crippen molar-refractivity contribution in [2.24, 2.45) is 0 Å². The molecule has 0 aromatic heterocycles. The maximum atomic E-state index is 11.9. The van der Waals surface area contributed by atoms with E-state index in [1.54, 1.807) is 0 Å². The molecular formula is C14H19N3O3. The molecule has 6 heteroatoms. The topological polar surface area (TPSA) is 95.7 Å². The predicted octanol–water partition coefficient (Wildman–Crippen LogP) is 0.717. The van der Waals surface area contributed by atoms with Crippen LogP contribution in [-0.4, -0.2) is 41.5 Å². The highest BCUT2D eigenvalue weighted by molar-refractivity contribution is 5.99. The third kappa shape index (κ3) is 3.40. The first-order chi connectivity index (χ1) is 9.58. The third-order valence-corrected chi connectivity index (χ3v) is 3.36. The number of benzene rings is 1. The molecule has 0 radical (unpaired) electrons. The van der Waals surface area contributed by atoms with E-state index in [0.717, 1.165) is 25.9 Å². The Morgan fingerprint density at radius 2 is 2.00 bits per heavy atom. The van der Waals surface area contributed by atoms with Gasteiger partial charge in [-0.3, -0.25) is 9.59 Å². The Morgan fingerprint density at radius 3 is 2.70 bits per heavy atom. The van der Waals surface area contributed by atoms with Gasteiger partial charge >= 0.3 is 0 Å². The number of nitrogens with two attached hydrogens (primary N) is 1. The fourth-order valence-corrected chi connectivity index (χ4v) is 2.24. The van der Waals surface area contributed by atoms with Gasteiger partial charge in [0.15, 0.2) is 0 Å². The number of phenols is 1. The number of carbonyl (C=O) groups is 2. The maximum Gasteiger partial charge on any atom is 0.253 e. The van der Waals surface area contributed by atoms with Crippen LogP contribution in [0.3, 0.4) is 0 Å². The molecular weight excluding hydrogens is 258 g/mol. The van der Waals surface area contributed by atoms with Gasteiger partial charge in [0, 0.05) is 31.7 Å². The molecule has 1 aromatic rings. The predicted molar refractivity (Wildman–Crippen MR) is 75.3 cm³/mol. The second kappa shape index (κ2) is 6.27. The van der Waals surface area contributed by atoms with Crippen molar-refractivity contribution in [3.8, 4) is 5.75 Å². The van der Waals surface area contributed by atoms with Crippen LogP contribution in [0.5, 0.6) is 5.75 Å². The van der Waals surface area contributed by atoms with E-state index in [-0.39, 0.29) is 36.1 Å². The van der Waals surface area contributed by atoms with Crippen molar-refractivity contribution in [3.63, 3.8) is 0 Å². The number of hydrogen-bond acceptors (Lipinski definition) is 4. The molecule has 1 aliphatic heterocycles. The van der Waals surface area contributed by atoms with Gasteiger partial charge in [-0.05, 0) is 31.0 Å². The maximum absolute atomic E-state index is 11.9. The molecule has 1 saturated heterocycles. The van der Waals surface area contributed by atoms with Crippen LogP contribution in [0, 0.1) is 0 Å². The van der Waals surface area contributed by atoms with E-state index in [9.17, 15) is 14.7 Å². The van der Waals surface area contributed by atoms with Gasteiger partial charge in [-0.15, -0.1) is 0 Å². The molecule has 6 nitrogen and oxygen atoms in total. The molecule has 0 unspecified atom stereocenters. The zero-order valence-electron chi connectivity index (χ0n) is 11.3. The van der Waals surface area contributed by atoms with Crippen molar-refractivity contribution >= 4 is 17.5 Å². The number of likely N-dealkylation sites (tertiary alicyclic amines) is 1. The van der Waals surface area contributed by atoms with E-state index in [1.807, 2.05) is 4.90 Å². The van der Waals surface area contributed by atoms with Crippen molar-refractivity contribution in [3.05, 3.63) is 23.8 Å². The number of amides is 2. The van der Waals surface area contributed by atoms with Gasteiger partial charge in [0.25, 0.3) is 5.91 Å². The van der Waals surface area contributed by atoms with Crippen molar-refractivity contribution < 1.29 is 14.7 Å². The number of anilines is 1. The Balaban J connectivity index is 1.83. The summed E-state index contributed by atoms with van der Waals surface area (Å²) in [6, 6.07) is 4.20. The lowest BCUT2D eigenvalue weighted by atomic mass is 10.1. The number of rotatable bonds is 4. The Hall–Kier alpha value is -2.24. The molecule has 1 aliphatic rings. The largest absolute Gasteiger partial charge is 0.508 e. The highest BCUT2D eigenvalue weighted by Gasteiger charge is 2.18. The van der Waals surface area contributed by atoms with Crippen LogP contribution >= 0.6 is 0 Å². The molecule has 0 bridgehead atoms. The minimum atomic E-state index is -0.382. The highest BCUT2D eigenvalue weighted by Crippen LogP contribution is 2.18. The molecule has 1 heterocycles. The van der Waals surface area contributed by atoms with E-state index >= 15 is 0 Å². The van der Waals surface area contributed by atoms with E-state index in [4.69, 9.17) is 5.73 Å². The second-order valence-electron chi connectivity index (χ2n) is 4.87. The SMILES string of the molecule is Nc1ccc(O)cc1C(=O)NCCC(=O)N1CCCC1. The van der Waals surface area contributed by atoms with Crippen molar-refractivity contribution in [2.75, 3.05) is 25.4 Å². The molecule has 1 fully saturated rings. The zero-order valence-corrected chi connectivity index (χ0v) is 11.3. The van der Waals surface area contributed by atoms with Crippen molar-refractivity contribution in [2.45, 2.75) is 19.3 Å². The number of nitrogens with one attached hydrogen (secondary N) is 1. The van der Waals surface area contributed by atoms with Crippen LogP contribution in [0.4, 0.5) is 5.69 Å². The number of aromatic hydroxyl groups is 1. The number of nitrogen functional groups attached to an aromatic ring is 1. The van der Waals surface area contributed by atoms with Gasteiger partial charge < -0.3 is 21.1 Å². The van der Waals surface area contributed by atoms with Crippen molar-refractivity contribution in [1.29, 1.82) is 0 Å². The highest BCUT2D eigenvalue weighted by atomic mass is 16.3. The lowest BCUT2D eigenvalue weighted by Gasteiger charge is -2.15. The Bertz CT molecular complexity index is 510. The molecule has 0 saturated carbocycles. The van der Waals surface area contributed by atoms with Gasteiger partial charge in [-0.25, -0.2) is 0 Å². The summed E-state index contributed by atoms with van der Waals surface area (Å²) in [6.45, 7) is 1.89. The third-order valence-electron chi connectivity index (χ3n) is 3.36. The number of nitrogens with zero attached hydrogens (tertiary/aromatic N) is 1. The normalized spacial score (nSPS) is 14.3. The molecule has 2 rings (SSSR count). The summed E-state index contributed by atoms with van der Waals surface area (Å²) >= 11 is 0. The van der Waals surface area contributed by atoms with Crippen LogP contribution < -0.4 is 11.1 Å². The van der Waals surface area contributed by atoms with Crippen LogP contribution in [0.2, 0.25) is 0 Å². The quantitative estimate of drug-likeness (QED) is 0.558. The monoisotopic (exact) mass is 277 g/mol. The summed E-state index contributed by atoms with van der Waals surface area (Å²) in [4.78, 5) is 25.5. The molecule has 108 valence electrons. The Labute approximate surface area is 117 Å². The fraction of sp³-hybridized carbons (Fsp3) is 0.429. The first-order valence-electron chi connectivity index (χ1n) is 6.72. The summed E-state index contributed by atoms with van der Waals surface area (Å²) in [5, 5.41) is 12.0. The minimum Gasteiger partial charge on any atom is -0.508 e. The molecule has 0 spiro atoms. The number of carbonyl (C=O) groups excluding carboxylic acids is 2. The van der Waals surface area contributed by atoms with E-state index < -0.39 is 0 Å².